The largest absolute Gasteiger partial charge is 0.367 e. The Labute approximate surface area is 117 Å². The molecule has 3 N–H and O–H groups in total. The van der Waals surface area contributed by atoms with Gasteiger partial charge in [-0.15, -0.1) is 0 Å². The van der Waals surface area contributed by atoms with E-state index in [1.807, 2.05) is 23.8 Å². The zero-order chi connectivity index (χ0) is 14.8. The van der Waals surface area contributed by atoms with Crippen LogP contribution in [0.25, 0.3) is 0 Å². The van der Waals surface area contributed by atoms with Crippen LogP contribution in [0.15, 0.2) is 11.9 Å². The molecule has 0 rings (SSSR count). The zero-order valence-electron chi connectivity index (χ0n) is 13.1. The van der Waals surface area contributed by atoms with Gasteiger partial charge in [0.15, 0.2) is 0 Å². The summed E-state index contributed by atoms with van der Waals surface area (Å²) in [7, 11) is 5.31. The number of nitrogens with one attached hydrogen (secondary N) is 1. The molecule has 0 aliphatic rings. The van der Waals surface area contributed by atoms with E-state index in [0.29, 0.717) is 6.73 Å². The monoisotopic (exact) mass is 274 g/mol. The second-order valence-electron chi connectivity index (χ2n) is 4.37. The van der Waals surface area contributed by atoms with Crippen LogP contribution >= 0.6 is 0 Å². The van der Waals surface area contributed by atoms with Crippen LogP contribution in [-0.4, -0.2) is 56.9 Å². The van der Waals surface area contributed by atoms with E-state index in [1.165, 1.54) is 0 Å². The van der Waals surface area contributed by atoms with E-state index >= 15 is 0 Å². The fourth-order valence-corrected chi connectivity index (χ4v) is 1.83. The summed E-state index contributed by atoms with van der Waals surface area (Å²) in [5.41, 5.74) is 6.20. The molecule has 0 amide bonds. The summed E-state index contributed by atoms with van der Waals surface area (Å²) in [5, 5.41) is 3.30. The molecule has 1 unspecified atom stereocenters. The molecule has 6 nitrogen and oxygen atoms in total. The van der Waals surface area contributed by atoms with Crippen molar-refractivity contribution >= 4 is 0 Å². The summed E-state index contributed by atoms with van der Waals surface area (Å²) >= 11 is 0. The van der Waals surface area contributed by atoms with Crippen molar-refractivity contribution in [1.29, 1.82) is 0 Å². The van der Waals surface area contributed by atoms with Crippen LogP contribution in [0, 0.1) is 0 Å². The number of nitrogens with two attached hydrogens (primary N) is 1. The van der Waals surface area contributed by atoms with E-state index in [-0.39, 0.29) is 12.5 Å². The van der Waals surface area contributed by atoms with Crippen LogP contribution in [0.3, 0.4) is 0 Å². The smallest absolute Gasteiger partial charge is 0.135 e. The molecule has 0 aromatic rings. The van der Waals surface area contributed by atoms with Gasteiger partial charge in [0.1, 0.15) is 25.1 Å². The first kappa shape index (κ1) is 18.2. The van der Waals surface area contributed by atoms with Crippen molar-refractivity contribution in [3.8, 4) is 0 Å². The number of rotatable bonds is 10. The zero-order valence-corrected chi connectivity index (χ0v) is 13.1. The van der Waals surface area contributed by atoms with Gasteiger partial charge < -0.3 is 19.7 Å². The molecule has 114 valence electrons. The molecule has 19 heavy (non-hydrogen) atoms. The van der Waals surface area contributed by atoms with Crippen molar-refractivity contribution in [1.82, 2.24) is 15.1 Å². The van der Waals surface area contributed by atoms with Crippen molar-refractivity contribution < 1.29 is 9.47 Å². The molecule has 0 aromatic heterocycles. The third-order valence-corrected chi connectivity index (χ3v) is 2.96. The standard InChI is InChI=1S/C13H30N4O2/c1-7-9-12(16(4)10-18-5)15-13(14)17(8-2)11(3)19-6/h9,11,13,15H,7-8,10,14H2,1-6H3/b12-9-/t11-,13?/m1/s1. The van der Waals surface area contributed by atoms with Gasteiger partial charge in [0, 0.05) is 27.8 Å². The second-order valence-corrected chi connectivity index (χ2v) is 4.37. The molecular weight excluding hydrogens is 244 g/mol. The predicted molar refractivity (Wildman–Crippen MR) is 78.0 cm³/mol. The summed E-state index contributed by atoms with van der Waals surface area (Å²) in [6.45, 7) is 7.43. The normalized spacial score (nSPS) is 15.5. The van der Waals surface area contributed by atoms with Crippen LogP contribution in [0.2, 0.25) is 0 Å². The molecule has 0 radical (unpaired) electrons. The number of hydrogen-bond acceptors (Lipinski definition) is 6. The Morgan fingerprint density at radius 1 is 1.37 bits per heavy atom. The molecule has 2 atom stereocenters. The Balaban J connectivity index is 4.69. The SMILES string of the molecule is CC/C=C(/NC(N)N(CC)[C@@H](C)OC)N(C)COC. The van der Waals surface area contributed by atoms with Gasteiger partial charge in [-0.05, 0) is 19.4 Å². The van der Waals surface area contributed by atoms with Gasteiger partial charge in [0.2, 0.25) is 0 Å². The van der Waals surface area contributed by atoms with Crippen molar-refractivity contribution in [2.45, 2.75) is 39.7 Å². The molecular formula is C13H30N4O2. The van der Waals surface area contributed by atoms with Crippen molar-refractivity contribution in [3.05, 3.63) is 11.9 Å². The number of methoxy groups -OCH3 is 2. The topological polar surface area (TPSA) is 63.0 Å². The van der Waals surface area contributed by atoms with E-state index in [9.17, 15) is 0 Å². The van der Waals surface area contributed by atoms with Gasteiger partial charge in [0.25, 0.3) is 0 Å². The summed E-state index contributed by atoms with van der Waals surface area (Å²) in [4.78, 5) is 4.01. The fourth-order valence-electron chi connectivity index (χ4n) is 1.83. The third kappa shape index (κ3) is 6.24. The maximum atomic E-state index is 6.20. The average molecular weight is 274 g/mol. The maximum Gasteiger partial charge on any atom is 0.135 e. The van der Waals surface area contributed by atoms with Crippen LogP contribution in [-0.2, 0) is 9.47 Å². The summed E-state index contributed by atoms with van der Waals surface area (Å²) in [6.07, 6.45) is 2.67. The van der Waals surface area contributed by atoms with Crippen LogP contribution in [0.4, 0.5) is 0 Å². The Morgan fingerprint density at radius 2 is 2.00 bits per heavy atom. The first-order valence-corrected chi connectivity index (χ1v) is 6.72. The third-order valence-electron chi connectivity index (χ3n) is 2.96. The van der Waals surface area contributed by atoms with E-state index in [1.54, 1.807) is 14.2 Å². The molecule has 0 spiro atoms. The van der Waals surface area contributed by atoms with Gasteiger partial charge in [-0.3, -0.25) is 5.73 Å². The van der Waals surface area contributed by atoms with Gasteiger partial charge in [0.05, 0.1) is 0 Å². The van der Waals surface area contributed by atoms with E-state index < -0.39 is 0 Å². The molecule has 0 saturated carbocycles. The molecule has 0 saturated heterocycles. The first-order chi connectivity index (χ1) is 9.01. The summed E-state index contributed by atoms with van der Waals surface area (Å²) < 4.78 is 10.5. The first-order valence-electron chi connectivity index (χ1n) is 6.72. The molecule has 0 aliphatic heterocycles. The molecule has 0 fully saturated rings. The molecule has 0 bridgehead atoms. The number of nitrogens with zero attached hydrogens (tertiary/aromatic N) is 2. The lowest BCUT2D eigenvalue weighted by molar-refractivity contribution is -0.0467. The van der Waals surface area contributed by atoms with E-state index in [4.69, 9.17) is 15.2 Å². The van der Waals surface area contributed by atoms with Crippen molar-refractivity contribution in [2.75, 3.05) is 34.5 Å². The Kier molecular flexibility index (Phi) is 9.59. The lowest BCUT2D eigenvalue weighted by Gasteiger charge is -2.35. The lowest BCUT2D eigenvalue weighted by atomic mass is 10.4. The predicted octanol–water partition coefficient (Wildman–Crippen LogP) is 0.920. The minimum Gasteiger partial charge on any atom is -0.367 e. The fraction of sp³-hybridized carbons (Fsp3) is 0.846. The minimum atomic E-state index is -0.308. The molecule has 0 aromatic carbocycles. The summed E-state index contributed by atoms with van der Waals surface area (Å²) in [6, 6.07) is 0. The maximum absolute atomic E-state index is 6.20. The quantitative estimate of drug-likeness (QED) is 0.578. The highest BCUT2D eigenvalue weighted by Crippen LogP contribution is 2.05. The van der Waals surface area contributed by atoms with Gasteiger partial charge in [-0.1, -0.05) is 13.8 Å². The molecule has 0 heterocycles. The van der Waals surface area contributed by atoms with E-state index in [0.717, 1.165) is 18.8 Å². The number of hydrogen-bond donors (Lipinski definition) is 2. The highest BCUT2D eigenvalue weighted by molar-refractivity contribution is 4.98. The molecule has 0 aliphatic carbocycles. The Hall–Kier alpha value is -0.820. The highest BCUT2D eigenvalue weighted by atomic mass is 16.5. The second kappa shape index (κ2) is 10.0. The van der Waals surface area contributed by atoms with Gasteiger partial charge >= 0.3 is 0 Å². The summed E-state index contributed by atoms with van der Waals surface area (Å²) in [5.74, 6) is 0.957. The van der Waals surface area contributed by atoms with Crippen molar-refractivity contribution in [2.24, 2.45) is 5.73 Å². The number of allylic oxidation sites excluding steroid dienone is 1. The highest BCUT2D eigenvalue weighted by Gasteiger charge is 2.19. The van der Waals surface area contributed by atoms with Crippen molar-refractivity contribution in [3.63, 3.8) is 0 Å². The average Bonchev–Trinajstić information content (AvgIpc) is 2.39. The van der Waals surface area contributed by atoms with Gasteiger partial charge in [-0.2, -0.15) is 0 Å². The van der Waals surface area contributed by atoms with Crippen LogP contribution < -0.4 is 11.1 Å². The Morgan fingerprint density at radius 3 is 2.42 bits per heavy atom. The number of ether oxygens (including phenoxy) is 2. The Bertz CT molecular complexity index is 261. The van der Waals surface area contributed by atoms with E-state index in [2.05, 4.69) is 25.2 Å². The minimum absolute atomic E-state index is 0.0388. The van der Waals surface area contributed by atoms with Crippen LogP contribution in [0.5, 0.6) is 0 Å². The van der Waals surface area contributed by atoms with Crippen LogP contribution in [0.1, 0.15) is 27.2 Å². The van der Waals surface area contributed by atoms with Gasteiger partial charge in [-0.25, -0.2) is 4.90 Å². The molecule has 6 heteroatoms. The lowest BCUT2D eigenvalue weighted by Crippen LogP contribution is -2.56.